The summed E-state index contributed by atoms with van der Waals surface area (Å²) >= 11 is 0.686. The standard InChI is InChI=1S/C37H35F5N4O2S.C4H6O6/c1-2-44-20-18-27(19-21-44)45(22-24-10-12-25(13-11-24)31-15-16-32(49-31)37(40,41)42)34(47)23-46-30-9-4-3-7-28(30)36(48)43-33(46)17-14-26-6-5-8-29(38)35(26)39;5-1(3(7)8)2(6)4(9)10/h3-13,15-16,27H,2,14,17-23H2,1H3;1-2,5-6H,(H,7,8)(H,9,10). The number of hydrogen-bond acceptors (Lipinski definition) is 9. The average molecular weight is 845 g/mol. The van der Waals surface area contributed by atoms with Crippen molar-refractivity contribution in [1.29, 1.82) is 0 Å². The minimum atomic E-state index is -4.40. The smallest absolute Gasteiger partial charge is 0.425 e. The molecule has 1 fully saturated rings. The quantitative estimate of drug-likeness (QED) is 0.109. The number of carbonyl (C=O) groups excluding carboxylic acids is 1. The fourth-order valence-corrected chi connectivity index (χ4v) is 7.58. The number of benzene rings is 3. The van der Waals surface area contributed by atoms with E-state index < -0.39 is 52.4 Å². The van der Waals surface area contributed by atoms with Crippen molar-refractivity contribution >= 4 is 40.1 Å². The van der Waals surface area contributed by atoms with Gasteiger partial charge in [0.15, 0.2) is 23.8 Å². The van der Waals surface area contributed by atoms with Crippen molar-refractivity contribution in [3.63, 3.8) is 0 Å². The number of carboxylic acid groups (broad SMARTS) is 2. The van der Waals surface area contributed by atoms with E-state index in [0.717, 1.165) is 50.2 Å². The number of amides is 1. The molecule has 59 heavy (non-hydrogen) atoms. The van der Waals surface area contributed by atoms with Gasteiger partial charge in [0.2, 0.25) is 5.91 Å². The van der Waals surface area contributed by atoms with Gasteiger partial charge < -0.3 is 34.8 Å². The second-order valence-corrected chi connectivity index (χ2v) is 14.8. The number of fused-ring (bicyclic) bond motifs is 1. The molecule has 3 aromatic carbocycles. The Hall–Kier alpha value is -5.56. The number of thiophene rings is 1. The minimum Gasteiger partial charge on any atom is -0.479 e. The van der Waals surface area contributed by atoms with E-state index in [2.05, 4.69) is 16.8 Å². The van der Waals surface area contributed by atoms with Crippen LogP contribution in [-0.4, -0.2) is 95.5 Å². The lowest BCUT2D eigenvalue weighted by molar-refractivity contribution is -0.165. The van der Waals surface area contributed by atoms with Gasteiger partial charge in [-0.15, -0.1) is 11.3 Å². The monoisotopic (exact) mass is 844 g/mol. The summed E-state index contributed by atoms with van der Waals surface area (Å²) in [5.74, 6) is -5.36. The lowest BCUT2D eigenvalue weighted by Crippen LogP contribution is -2.48. The normalized spacial score (nSPS) is 14.6. The van der Waals surface area contributed by atoms with E-state index in [-0.39, 0.29) is 43.4 Å². The molecule has 12 nitrogen and oxygen atoms in total. The van der Waals surface area contributed by atoms with Crippen LogP contribution in [0.2, 0.25) is 0 Å². The van der Waals surface area contributed by atoms with Gasteiger partial charge in [0, 0.05) is 37.0 Å². The molecule has 1 aliphatic rings. The number of alkyl halides is 3. The third-order valence-corrected chi connectivity index (χ3v) is 11.1. The molecule has 18 heteroatoms. The van der Waals surface area contributed by atoms with Gasteiger partial charge in [-0.1, -0.05) is 55.5 Å². The highest BCUT2D eigenvalue weighted by Crippen LogP contribution is 2.38. The molecule has 6 rings (SSSR count). The first-order chi connectivity index (χ1) is 28.0. The van der Waals surface area contributed by atoms with Crippen molar-refractivity contribution < 1.29 is 56.8 Å². The number of hydrogen-bond donors (Lipinski definition) is 4. The molecule has 3 heterocycles. The highest BCUT2D eigenvalue weighted by Gasteiger charge is 2.33. The van der Waals surface area contributed by atoms with Crippen LogP contribution in [0.3, 0.4) is 0 Å². The third kappa shape index (κ3) is 11.1. The Bertz CT molecular complexity index is 2310. The highest BCUT2D eigenvalue weighted by molar-refractivity contribution is 7.15. The van der Waals surface area contributed by atoms with Crippen molar-refractivity contribution in [3.05, 3.63) is 123 Å². The van der Waals surface area contributed by atoms with Gasteiger partial charge >= 0.3 is 18.1 Å². The summed E-state index contributed by atoms with van der Waals surface area (Å²) in [5, 5.41) is 32.9. The molecular weight excluding hydrogens is 804 g/mol. The lowest BCUT2D eigenvalue weighted by Gasteiger charge is -2.38. The predicted octanol–water partition coefficient (Wildman–Crippen LogP) is 5.60. The largest absolute Gasteiger partial charge is 0.479 e. The Morgan fingerprint density at radius 3 is 2.12 bits per heavy atom. The van der Waals surface area contributed by atoms with Gasteiger partial charge in [0.25, 0.3) is 5.56 Å². The second-order valence-electron chi connectivity index (χ2n) is 13.8. The number of carbonyl (C=O) groups is 3. The number of aliphatic hydroxyl groups excluding tert-OH is 2. The fourth-order valence-electron chi connectivity index (χ4n) is 6.70. The molecule has 4 N–H and O–H groups in total. The number of aliphatic hydroxyl groups is 2. The molecule has 314 valence electrons. The van der Waals surface area contributed by atoms with Gasteiger partial charge in [-0.25, -0.2) is 18.4 Å². The number of likely N-dealkylation sites (tertiary alicyclic amines) is 1. The summed E-state index contributed by atoms with van der Waals surface area (Å²) in [6.07, 6.45) is -7.23. The molecule has 0 radical (unpaired) electrons. The molecule has 0 bridgehead atoms. The maximum absolute atomic E-state index is 14.5. The molecule has 0 saturated carbocycles. The first kappa shape index (κ1) is 44.5. The summed E-state index contributed by atoms with van der Waals surface area (Å²) in [5.41, 5.74) is 1.68. The molecule has 1 amide bonds. The number of para-hydroxylation sites is 1. The van der Waals surface area contributed by atoms with Crippen LogP contribution in [0.1, 0.15) is 41.6 Å². The third-order valence-electron chi connectivity index (χ3n) is 9.96. The van der Waals surface area contributed by atoms with E-state index in [1.54, 1.807) is 41.0 Å². The van der Waals surface area contributed by atoms with E-state index in [0.29, 0.717) is 38.5 Å². The average Bonchev–Trinajstić information content (AvgIpc) is 3.73. The Kier molecular flexibility index (Phi) is 14.7. The number of aromatic nitrogens is 2. The first-order valence-corrected chi connectivity index (χ1v) is 19.3. The van der Waals surface area contributed by atoms with E-state index in [1.165, 1.54) is 18.2 Å². The number of rotatable bonds is 13. The molecule has 2 unspecified atom stereocenters. The zero-order valence-electron chi connectivity index (χ0n) is 31.6. The number of piperidine rings is 1. The summed E-state index contributed by atoms with van der Waals surface area (Å²) in [6.45, 7) is 4.82. The van der Waals surface area contributed by atoms with Crippen LogP contribution >= 0.6 is 11.3 Å². The molecule has 0 aliphatic carbocycles. The minimum absolute atomic E-state index is 0.0648. The number of halogens is 5. The number of aliphatic carboxylic acids is 2. The van der Waals surface area contributed by atoms with E-state index in [4.69, 9.17) is 20.4 Å². The van der Waals surface area contributed by atoms with Gasteiger partial charge in [0.05, 0.1) is 10.9 Å². The van der Waals surface area contributed by atoms with Crippen molar-refractivity contribution in [1.82, 2.24) is 19.4 Å². The molecule has 5 aromatic rings. The van der Waals surface area contributed by atoms with Crippen LogP contribution in [0, 0.1) is 11.6 Å². The molecule has 1 aliphatic heterocycles. The van der Waals surface area contributed by atoms with Crippen LogP contribution in [0.5, 0.6) is 0 Å². The number of aryl methyl sites for hydroxylation is 2. The predicted molar refractivity (Wildman–Crippen MR) is 207 cm³/mol. The zero-order chi connectivity index (χ0) is 43.0. The SMILES string of the molecule is CCN1CCC(N(Cc2ccc(-c3ccc(C(F)(F)F)s3)cc2)C(=O)Cn2c(CCc3cccc(F)c3F)nc(=O)c3ccccc32)CC1.O=C(O)C(O)C(O)C(=O)O. The van der Waals surface area contributed by atoms with Crippen LogP contribution in [-0.2, 0) is 46.5 Å². The van der Waals surface area contributed by atoms with Crippen LogP contribution in [0.25, 0.3) is 21.3 Å². The summed E-state index contributed by atoms with van der Waals surface area (Å²) in [7, 11) is 0. The fraction of sp³-hybridized carbons (Fsp3) is 0.341. The lowest BCUT2D eigenvalue weighted by atomic mass is 10.0. The highest BCUT2D eigenvalue weighted by atomic mass is 32.1. The molecule has 2 aromatic heterocycles. The number of carboxylic acids is 2. The zero-order valence-corrected chi connectivity index (χ0v) is 32.4. The van der Waals surface area contributed by atoms with Crippen LogP contribution in [0.4, 0.5) is 22.0 Å². The summed E-state index contributed by atoms with van der Waals surface area (Å²) < 4.78 is 69.7. The van der Waals surface area contributed by atoms with Gasteiger partial charge in [-0.2, -0.15) is 18.2 Å². The number of nitrogens with zero attached hydrogens (tertiary/aromatic N) is 4. The van der Waals surface area contributed by atoms with Crippen LogP contribution in [0.15, 0.2) is 83.7 Å². The Labute approximate surface area is 338 Å². The Morgan fingerprint density at radius 2 is 1.53 bits per heavy atom. The Balaban J connectivity index is 0.000000586. The molecule has 0 spiro atoms. The summed E-state index contributed by atoms with van der Waals surface area (Å²) in [6, 6.07) is 20.5. The van der Waals surface area contributed by atoms with Crippen molar-refractivity contribution in [2.45, 2.75) is 70.1 Å². The maximum Gasteiger partial charge on any atom is 0.425 e. The van der Waals surface area contributed by atoms with E-state index in [9.17, 15) is 41.1 Å². The Morgan fingerprint density at radius 1 is 0.881 bits per heavy atom. The van der Waals surface area contributed by atoms with E-state index in [1.807, 2.05) is 17.0 Å². The van der Waals surface area contributed by atoms with Gasteiger partial charge in [-0.05, 0) is 72.8 Å². The second kappa shape index (κ2) is 19.5. The first-order valence-electron chi connectivity index (χ1n) is 18.5. The maximum atomic E-state index is 14.5. The van der Waals surface area contributed by atoms with Crippen molar-refractivity contribution in [2.75, 3.05) is 19.6 Å². The van der Waals surface area contributed by atoms with E-state index >= 15 is 0 Å². The van der Waals surface area contributed by atoms with Crippen molar-refractivity contribution in [2.24, 2.45) is 0 Å². The summed E-state index contributed by atoms with van der Waals surface area (Å²) in [4.78, 5) is 55.3. The van der Waals surface area contributed by atoms with Gasteiger partial charge in [-0.3, -0.25) is 9.59 Å². The van der Waals surface area contributed by atoms with Crippen molar-refractivity contribution in [3.8, 4) is 10.4 Å². The van der Waals surface area contributed by atoms with Gasteiger partial charge in [0.1, 0.15) is 17.2 Å². The molecular formula is C41H41F5N4O8S. The van der Waals surface area contributed by atoms with Crippen LogP contribution < -0.4 is 5.56 Å². The molecule has 2 atom stereocenters. The topological polar surface area (TPSA) is 174 Å². The molecule has 1 saturated heterocycles.